The molecule has 0 aromatic heterocycles. The number of hydrogen-bond donors (Lipinski definition) is 0. The normalized spacial score (nSPS) is 15.3. The van der Waals surface area contributed by atoms with E-state index in [4.69, 9.17) is 8.92 Å². The van der Waals surface area contributed by atoms with E-state index >= 15 is 0 Å². The average Bonchev–Trinajstić information content (AvgIpc) is 2.98. The molecule has 1 fully saturated rings. The molecule has 0 spiro atoms. The molecule has 1 saturated heterocycles. The summed E-state index contributed by atoms with van der Waals surface area (Å²) in [6.45, 7) is 3.16. The third-order valence-corrected chi connectivity index (χ3v) is 7.00. The number of aryl methyl sites for hydroxylation is 1. The van der Waals surface area contributed by atoms with Gasteiger partial charge in [0.1, 0.15) is 11.4 Å². The molecule has 1 aliphatic heterocycles. The van der Waals surface area contributed by atoms with Gasteiger partial charge >= 0.3 is 16.1 Å². The first-order valence-electron chi connectivity index (χ1n) is 9.32. The lowest BCUT2D eigenvalue weighted by Crippen LogP contribution is -2.34. The Labute approximate surface area is 197 Å². The molecule has 1 aliphatic rings. The molecule has 0 radical (unpaired) electrons. The Bertz CT molecular complexity index is 1210. The number of amides is 2. The number of benzene rings is 2. The predicted molar refractivity (Wildman–Crippen MR) is 122 cm³/mol. The van der Waals surface area contributed by atoms with Crippen molar-refractivity contribution in [2.45, 2.75) is 18.7 Å². The lowest BCUT2D eigenvalue weighted by atomic mass is 10.2. The van der Waals surface area contributed by atoms with Crippen LogP contribution in [0.1, 0.15) is 18.1 Å². The number of carbonyl (C=O) groups excluding carboxylic acids is 3. The van der Waals surface area contributed by atoms with Gasteiger partial charge in [-0.05, 0) is 77.4 Å². The highest BCUT2D eigenvalue weighted by atomic mass is 79.9. The third-order valence-electron chi connectivity index (χ3n) is 4.23. The number of carbonyl (C=O) groups is 3. The quantitative estimate of drug-likeness (QED) is 0.293. The van der Waals surface area contributed by atoms with Crippen LogP contribution in [0.5, 0.6) is 5.75 Å². The molecule has 0 unspecified atom stereocenters. The van der Waals surface area contributed by atoms with Crippen LogP contribution < -0.4 is 4.18 Å². The zero-order valence-corrected chi connectivity index (χ0v) is 20.3. The molecule has 0 aliphatic carbocycles. The zero-order chi connectivity index (χ0) is 23.5. The van der Waals surface area contributed by atoms with E-state index < -0.39 is 33.8 Å². The van der Waals surface area contributed by atoms with Crippen LogP contribution in [0.15, 0.2) is 56.7 Å². The van der Waals surface area contributed by atoms with Crippen molar-refractivity contribution in [3.63, 3.8) is 0 Å². The first-order chi connectivity index (χ1) is 15.1. The second-order valence-corrected chi connectivity index (χ2v) is 10.0. The van der Waals surface area contributed by atoms with E-state index in [9.17, 15) is 22.8 Å². The summed E-state index contributed by atoms with van der Waals surface area (Å²) >= 11 is 3.98. The highest BCUT2D eigenvalue weighted by molar-refractivity contribution is 9.10. The van der Waals surface area contributed by atoms with E-state index in [0.717, 1.165) is 10.5 Å². The monoisotopic (exact) mass is 539 g/mol. The number of esters is 1. The minimum absolute atomic E-state index is 0.0225. The van der Waals surface area contributed by atoms with Gasteiger partial charge in [0.15, 0.2) is 5.75 Å². The Hall–Kier alpha value is -2.63. The van der Waals surface area contributed by atoms with Crippen LogP contribution in [-0.4, -0.2) is 43.6 Å². The van der Waals surface area contributed by atoms with Crippen molar-refractivity contribution < 1.29 is 31.7 Å². The fourth-order valence-corrected chi connectivity index (χ4v) is 5.04. The Balaban J connectivity index is 1.77. The molecule has 1 heterocycles. The molecule has 2 amide bonds. The molecule has 3 rings (SSSR count). The SMILES string of the molecule is CCOC(=O)CN1C(=O)S/C(=C\c2ccc(OS(=O)(=O)c3ccc(C)cc3)c(Br)c2)C1=O. The van der Waals surface area contributed by atoms with Gasteiger partial charge in [0.25, 0.3) is 11.1 Å². The molecule has 8 nitrogen and oxygen atoms in total. The van der Waals surface area contributed by atoms with Crippen molar-refractivity contribution in [1.82, 2.24) is 4.90 Å². The molecule has 168 valence electrons. The number of imide groups is 1. The summed E-state index contributed by atoms with van der Waals surface area (Å²) < 4.78 is 35.3. The second-order valence-electron chi connectivity index (χ2n) is 6.61. The first-order valence-corrected chi connectivity index (χ1v) is 12.3. The molecule has 0 N–H and O–H groups in total. The molecule has 32 heavy (non-hydrogen) atoms. The summed E-state index contributed by atoms with van der Waals surface area (Å²) in [5.74, 6) is -1.21. The van der Waals surface area contributed by atoms with E-state index in [-0.39, 0.29) is 22.2 Å². The number of nitrogens with zero attached hydrogens (tertiary/aromatic N) is 1. The summed E-state index contributed by atoms with van der Waals surface area (Å²) in [6, 6.07) is 10.8. The van der Waals surface area contributed by atoms with Crippen LogP contribution >= 0.6 is 27.7 Å². The Kier molecular flexibility index (Phi) is 7.42. The molecule has 0 saturated carbocycles. The van der Waals surface area contributed by atoms with Crippen LogP contribution in [-0.2, 0) is 24.4 Å². The van der Waals surface area contributed by atoms with Crippen LogP contribution in [0.3, 0.4) is 0 Å². The van der Waals surface area contributed by atoms with Crippen LogP contribution in [0, 0.1) is 6.92 Å². The molecule has 11 heteroatoms. The van der Waals surface area contributed by atoms with Gasteiger partial charge in [0.05, 0.1) is 16.0 Å². The van der Waals surface area contributed by atoms with Crippen LogP contribution in [0.2, 0.25) is 0 Å². The number of thioether (sulfide) groups is 1. The average molecular weight is 540 g/mol. The van der Waals surface area contributed by atoms with Crippen molar-refractivity contribution in [3.8, 4) is 5.75 Å². The predicted octanol–water partition coefficient (Wildman–Crippen LogP) is 4.12. The molecule has 0 bridgehead atoms. The van der Waals surface area contributed by atoms with Crippen molar-refractivity contribution in [1.29, 1.82) is 0 Å². The summed E-state index contributed by atoms with van der Waals surface area (Å²) in [7, 11) is -4.03. The maximum atomic E-state index is 12.5. The largest absolute Gasteiger partial charge is 0.465 e. The minimum atomic E-state index is -4.03. The van der Waals surface area contributed by atoms with Gasteiger partial charge in [-0.3, -0.25) is 19.3 Å². The maximum absolute atomic E-state index is 12.5. The van der Waals surface area contributed by atoms with Gasteiger partial charge in [0.2, 0.25) is 0 Å². The fraction of sp³-hybridized carbons (Fsp3) is 0.190. The van der Waals surface area contributed by atoms with Crippen molar-refractivity contribution in [2.24, 2.45) is 0 Å². The van der Waals surface area contributed by atoms with E-state index in [1.807, 2.05) is 6.92 Å². The van der Waals surface area contributed by atoms with Gasteiger partial charge in [-0.1, -0.05) is 23.8 Å². The number of hydrogen-bond acceptors (Lipinski definition) is 8. The third kappa shape index (κ3) is 5.59. The Morgan fingerprint density at radius 1 is 1.16 bits per heavy atom. The van der Waals surface area contributed by atoms with Gasteiger partial charge < -0.3 is 8.92 Å². The van der Waals surface area contributed by atoms with Crippen molar-refractivity contribution in [3.05, 3.63) is 63.0 Å². The van der Waals surface area contributed by atoms with Gasteiger partial charge in [-0.15, -0.1) is 0 Å². The van der Waals surface area contributed by atoms with Crippen molar-refractivity contribution >= 4 is 61.0 Å². The lowest BCUT2D eigenvalue weighted by molar-refractivity contribution is -0.145. The zero-order valence-electron chi connectivity index (χ0n) is 17.0. The minimum Gasteiger partial charge on any atom is -0.465 e. The highest BCUT2D eigenvalue weighted by Gasteiger charge is 2.36. The van der Waals surface area contributed by atoms with E-state index in [0.29, 0.717) is 21.8 Å². The fourth-order valence-electron chi connectivity index (χ4n) is 2.67. The van der Waals surface area contributed by atoms with E-state index in [1.165, 1.54) is 24.3 Å². The Morgan fingerprint density at radius 2 is 1.84 bits per heavy atom. The summed E-state index contributed by atoms with van der Waals surface area (Å²) in [5, 5.41) is -0.572. The summed E-state index contributed by atoms with van der Waals surface area (Å²) in [6.07, 6.45) is 1.47. The van der Waals surface area contributed by atoms with Crippen LogP contribution in [0.4, 0.5) is 4.79 Å². The first kappa shape index (κ1) is 24.0. The standard InChI is InChI=1S/C21H18BrNO7S2/c1-3-29-19(24)12-23-20(25)18(31-21(23)26)11-14-6-9-17(16(22)10-14)30-32(27,28)15-7-4-13(2)5-8-15/h4-11H,3,12H2,1-2H3/b18-11-. The van der Waals surface area contributed by atoms with Gasteiger partial charge in [0, 0.05) is 0 Å². The number of halogens is 1. The highest BCUT2D eigenvalue weighted by Crippen LogP contribution is 2.34. The van der Waals surface area contributed by atoms with Gasteiger partial charge in [-0.25, -0.2) is 0 Å². The van der Waals surface area contributed by atoms with Crippen LogP contribution in [0.25, 0.3) is 6.08 Å². The molecular formula is C21H18BrNO7S2. The van der Waals surface area contributed by atoms with E-state index in [2.05, 4.69) is 15.9 Å². The summed E-state index contributed by atoms with van der Waals surface area (Å²) in [4.78, 5) is 37.1. The number of ether oxygens (including phenoxy) is 1. The number of rotatable bonds is 7. The molecule has 0 atom stereocenters. The van der Waals surface area contributed by atoms with Crippen molar-refractivity contribution in [2.75, 3.05) is 13.2 Å². The Morgan fingerprint density at radius 3 is 2.47 bits per heavy atom. The molecule has 2 aromatic carbocycles. The second kappa shape index (κ2) is 9.88. The van der Waals surface area contributed by atoms with E-state index in [1.54, 1.807) is 31.2 Å². The maximum Gasteiger partial charge on any atom is 0.339 e. The topological polar surface area (TPSA) is 107 Å². The smallest absolute Gasteiger partial charge is 0.339 e. The summed E-state index contributed by atoms with van der Waals surface area (Å²) in [5.41, 5.74) is 1.44. The lowest BCUT2D eigenvalue weighted by Gasteiger charge is -2.11. The van der Waals surface area contributed by atoms with Gasteiger partial charge in [-0.2, -0.15) is 8.42 Å². The molecule has 2 aromatic rings. The molecular weight excluding hydrogens is 522 g/mol.